The average Bonchev–Trinajstić information content (AvgIpc) is 3.04. The van der Waals surface area contributed by atoms with Crippen LogP contribution in [0.15, 0.2) is 30.3 Å². The first-order chi connectivity index (χ1) is 9.88. The molecule has 0 spiro atoms. The van der Waals surface area contributed by atoms with E-state index in [9.17, 15) is 0 Å². The van der Waals surface area contributed by atoms with Gasteiger partial charge in [-0.25, -0.2) is 0 Å². The molecule has 0 amide bonds. The van der Waals surface area contributed by atoms with Crippen molar-refractivity contribution in [3.05, 3.63) is 35.9 Å². The predicted octanol–water partition coefficient (Wildman–Crippen LogP) is 3.60. The lowest BCUT2D eigenvalue weighted by Crippen LogP contribution is -2.44. The Labute approximate surface area is 123 Å². The van der Waals surface area contributed by atoms with E-state index < -0.39 is 0 Å². The van der Waals surface area contributed by atoms with Crippen LogP contribution in [0.1, 0.15) is 50.6 Å². The molecule has 3 rings (SSSR count). The first-order valence-corrected chi connectivity index (χ1v) is 8.41. The molecule has 1 aromatic rings. The highest BCUT2D eigenvalue weighted by atomic mass is 15.2. The molecule has 0 radical (unpaired) electrons. The van der Waals surface area contributed by atoms with Crippen LogP contribution in [-0.4, -0.2) is 30.6 Å². The summed E-state index contributed by atoms with van der Waals surface area (Å²) in [6.45, 7) is 6.12. The molecule has 0 aromatic heterocycles. The highest BCUT2D eigenvalue weighted by Gasteiger charge is 2.31. The number of benzene rings is 1. The molecular weight excluding hydrogens is 244 g/mol. The van der Waals surface area contributed by atoms with Crippen LogP contribution in [-0.2, 0) is 0 Å². The Kier molecular flexibility index (Phi) is 4.74. The topological polar surface area (TPSA) is 15.3 Å². The van der Waals surface area contributed by atoms with E-state index in [2.05, 4.69) is 47.5 Å². The zero-order valence-corrected chi connectivity index (χ0v) is 12.7. The Bertz CT molecular complexity index is 397. The van der Waals surface area contributed by atoms with Gasteiger partial charge in [0.15, 0.2) is 0 Å². The standard InChI is InChI=1S/C18H28N2/c1-2-18(15-8-4-3-5-9-15)20-13-7-10-16(14-20)17-11-6-12-19-17/h3-5,8-9,16-19H,2,6-7,10-14H2,1H3. The Balaban J connectivity index is 1.68. The Morgan fingerprint density at radius 2 is 2.05 bits per heavy atom. The second kappa shape index (κ2) is 6.73. The monoisotopic (exact) mass is 272 g/mol. The third-order valence-corrected chi connectivity index (χ3v) is 5.17. The van der Waals surface area contributed by atoms with E-state index in [0.717, 1.165) is 12.0 Å². The number of likely N-dealkylation sites (tertiary alicyclic amines) is 1. The lowest BCUT2D eigenvalue weighted by atomic mass is 9.88. The summed E-state index contributed by atoms with van der Waals surface area (Å²) in [4.78, 5) is 2.74. The predicted molar refractivity (Wildman–Crippen MR) is 84.8 cm³/mol. The summed E-state index contributed by atoms with van der Waals surface area (Å²) in [5.41, 5.74) is 1.50. The Hall–Kier alpha value is -0.860. The summed E-state index contributed by atoms with van der Waals surface area (Å²) in [7, 11) is 0. The van der Waals surface area contributed by atoms with E-state index >= 15 is 0 Å². The van der Waals surface area contributed by atoms with Crippen LogP contribution >= 0.6 is 0 Å². The molecule has 2 heterocycles. The highest BCUT2D eigenvalue weighted by molar-refractivity contribution is 5.19. The van der Waals surface area contributed by atoms with Gasteiger partial charge in [0.2, 0.25) is 0 Å². The van der Waals surface area contributed by atoms with Gasteiger partial charge in [0.25, 0.3) is 0 Å². The van der Waals surface area contributed by atoms with Crippen molar-refractivity contribution < 1.29 is 0 Å². The maximum absolute atomic E-state index is 3.72. The van der Waals surface area contributed by atoms with Crippen molar-refractivity contribution in [2.45, 2.75) is 51.1 Å². The molecule has 1 N–H and O–H groups in total. The third kappa shape index (κ3) is 3.07. The van der Waals surface area contributed by atoms with Gasteiger partial charge in [-0.05, 0) is 56.7 Å². The van der Waals surface area contributed by atoms with Crippen molar-refractivity contribution in [3.63, 3.8) is 0 Å². The molecular formula is C18H28N2. The number of nitrogens with zero attached hydrogens (tertiary/aromatic N) is 1. The van der Waals surface area contributed by atoms with Gasteiger partial charge in [-0.1, -0.05) is 37.3 Å². The summed E-state index contributed by atoms with van der Waals surface area (Å²) in [5.74, 6) is 0.865. The maximum atomic E-state index is 3.72. The van der Waals surface area contributed by atoms with E-state index in [1.54, 1.807) is 0 Å². The Morgan fingerprint density at radius 3 is 2.75 bits per heavy atom. The van der Waals surface area contributed by atoms with Gasteiger partial charge in [0, 0.05) is 18.6 Å². The van der Waals surface area contributed by atoms with Gasteiger partial charge in [-0.2, -0.15) is 0 Å². The summed E-state index contributed by atoms with van der Waals surface area (Å²) >= 11 is 0. The lowest BCUT2D eigenvalue weighted by molar-refractivity contribution is 0.104. The first-order valence-electron chi connectivity index (χ1n) is 8.41. The van der Waals surface area contributed by atoms with Gasteiger partial charge in [-0.15, -0.1) is 0 Å². The van der Waals surface area contributed by atoms with Gasteiger partial charge < -0.3 is 5.32 Å². The highest BCUT2D eigenvalue weighted by Crippen LogP contribution is 2.31. The van der Waals surface area contributed by atoms with Crippen LogP contribution in [0.4, 0.5) is 0 Å². The summed E-state index contributed by atoms with van der Waals surface area (Å²) in [6, 6.07) is 12.5. The number of hydrogen-bond donors (Lipinski definition) is 1. The molecule has 0 aliphatic carbocycles. The largest absolute Gasteiger partial charge is 0.314 e. The minimum atomic E-state index is 0.611. The quantitative estimate of drug-likeness (QED) is 0.901. The number of hydrogen-bond acceptors (Lipinski definition) is 2. The molecule has 2 fully saturated rings. The smallest absolute Gasteiger partial charge is 0.0345 e. The number of rotatable bonds is 4. The zero-order valence-electron chi connectivity index (χ0n) is 12.7. The summed E-state index contributed by atoms with van der Waals surface area (Å²) in [5, 5.41) is 3.72. The number of piperidine rings is 1. The first kappa shape index (κ1) is 14.1. The van der Waals surface area contributed by atoms with Gasteiger partial charge in [0.05, 0.1) is 0 Å². The fourth-order valence-corrected chi connectivity index (χ4v) is 4.15. The van der Waals surface area contributed by atoms with E-state index in [1.165, 1.54) is 57.3 Å². The van der Waals surface area contributed by atoms with Gasteiger partial charge in [0.1, 0.15) is 0 Å². The van der Waals surface area contributed by atoms with Crippen molar-refractivity contribution in [2.24, 2.45) is 5.92 Å². The normalized spacial score (nSPS) is 29.4. The van der Waals surface area contributed by atoms with Crippen molar-refractivity contribution in [1.29, 1.82) is 0 Å². The number of nitrogens with one attached hydrogen (secondary N) is 1. The molecule has 20 heavy (non-hydrogen) atoms. The molecule has 2 aliphatic heterocycles. The minimum Gasteiger partial charge on any atom is -0.314 e. The van der Waals surface area contributed by atoms with Crippen LogP contribution in [0.3, 0.4) is 0 Å². The fourth-order valence-electron chi connectivity index (χ4n) is 4.15. The van der Waals surface area contributed by atoms with E-state index in [4.69, 9.17) is 0 Å². The third-order valence-electron chi connectivity index (χ3n) is 5.17. The van der Waals surface area contributed by atoms with Crippen LogP contribution in [0.5, 0.6) is 0 Å². The van der Waals surface area contributed by atoms with Gasteiger partial charge in [-0.3, -0.25) is 4.90 Å². The van der Waals surface area contributed by atoms with Crippen LogP contribution in [0.25, 0.3) is 0 Å². The van der Waals surface area contributed by atoms with E-state index in [0.29, 0.717) is 6.04 Å². The molecule has 0 bridgehead atoms. The molecule has 0 saturated carbocycles. The SMILES string of the molecule is CCC(c1ccccc1)N1CCCC(C2CCCN2)C1. The molecule has 1 aromatic carbocycles. The van der Waals surface area contributed by atoms with E-state index in [1.807, 2.05) is 0 Å². The van der Waals surface area contributed by atoms with Crippen LogP contribution < -0.4 is 5.32 Å². The molecule has 2 aliphatic rings. The molecule has 2 heteroatoms. The second-order valence-corrected chi connectivity index (χ2v) is 6.43. The van der Waals surface area contributed by atoms with Crippen molar-refractivity contribution >= 4 is 0 Å². The molecule has 3 atom stereocenters. The van der Waals surface area contributed by atoms with Crippen molar-refractivity contribution in [2.75, 3.05) is 19.6 Å². The zero-order chi connectivity index (χ0) is 13.8. The molecule has 3 unspecified atom stereocenters. The Morgan fingerprint density at radius 1 is 1.20 bits per heavy atom. The average molecular weight is 272 g/mol. The van der Waals surface area contributed by atoms with Gasteiger partial charge >= 0.3 is 0 Å². The minimum absolute atomic E-state index is 0.611. The van der Waals surface area contributed by atoms with Crippen molar-refractivity contribution in [1.82, 2.24) is 10.2 Å². The maximum Gasteiger partial charge on any atom is 0.0345 e. The van der Waals surface area contributed by atoms with E-state index in [-0.39, 0.29) is 0 Å². The summed E-state index contributed by atoms with van der Waals surface area (Å²) < 4.78 is 0. The molecule has 2 nitrogen and oxygen atoms in total. The summed E-state index contributed by atoms with van der Waals surface area (Å²) in [6.07, 6.45) is 6.76. The second-order valence-electron chi connectivity index (χ2n) is 6.43. The van der Waals surface area contributed by atoms with Crippen LogP contribution in [0, 0.1) is 5.92 Å². The van der Waals surface area contributed by atoms with Crippen LogP contribution in [0.2, 0.25) is 0 Å². The lowest BCUT2D eigenvalue weighted by Gasteiger charge is -2.40. The fraction of sp³-hybridized carbons (Fsp3) is 0.667. The van der Waals surface area contributed by atoms with Crippen molar-refractivity contribution in [3.8, 4) is 0 Å². The molecule has 110 valence electrons. The molecule has 2 saturated heterocycles.